The number of rotatable bonds is 1. The first-order chi connectivity index (χ1) is 8.53. The third-order valence-electron chi connectivity index (χ3n) is 3.58. The highest BCUT2D eigenvalue weighted by molar-refractivity contribution is 5.52. The molecule has 1 aromatic rings. The summed E-state index contributed by atoms with van der Waals surface area (Å²) in [6, 6.07) is 10.1. The summed E-state index contributed by atoms with van der Waals surface area (Å²) in [5.74, 6) is 0.627. The van der Waals surface area contributed by atoms with Crippen LogP contribution in [-0.2, 0) is 0 Å². The van der Waals surface area contributed by atoms with Crippen molar-refractivity contribution in [3.05, 3.63) is 29.8 Å². The van der Waals surface area contributed by atoms with Crippen molar-refractivity contribution in [2.45, 2.75) is 26.3 Å². The van der Waals surface area contributed by atoms with Gasteiger partial charge in [-0.3, -0.25) is 0 Å². The summed E-state index contributed by atoms with van der Waals surface area (Å²) in [4.78, 5) is 2.44. The summed E-state index contributed by atoms with van der Waals surface area (Å²) in [5, 5.41) is 12.4. The SMILES string of the molecule is CC1CNCC(C)(C)N(c2ccc(C#N)cc2)C1. The summed E-state index contributed by atoms with van der Waals surface area (Å²) in [7, 11) is 0. The molecular formula is C15H21N3. The van der Waals surface area contributed by atoms with E-state index in [-0.39, 0.29) is 5.54 Å². The number of hydrogen-bond donors (Lipinski definition) is 1. The predicted molar refractivity (Wildman–Crippen MR) is 74.6 cm³/mol. The lowest BCUT2D eigenvalue weighted by atomic mass is 10.0. The van der Waals surface area contributed by atoms with Crippen molar-refractivity contribution >= 4 is 5.69 Å². The second-order valence-electron chi connectivity index (χ2n) is 5.82. The van der Waals surface area contributed by atoms with Crippen LogP contribution in [0, 0.1) is 17.2 Å². The maximum absolute atomic E-state index is 8.85. The molecule has 1 unspecified atom stereocenters. The van der Waals surface area contributed by atoms with Crippen LogP contribution in [0.4, 0.5) is 5.69 Å². The van der Waals surface area contributed by atoms with Gasteiger partial charge in [-0.25, -0.2) is 0 Å². The van der Waals surface area contributed by atoms with Gasteiger partial charge < -0.3 is 10.2 Å². The van der Waals surface area contributed by atoms with Crippen LogP contribution in [0.15, 0.2) is 24.3 Å². The summed E-state index contributed by atoms with van der Waals surface area (Å²) in [6.45, 7) is 9.89. The molecule has 96 valence electrons. The van der Waals surface area contributed by atoms with Gasteiger partial charge >= 0.3 is 0 Å². The largest absolute Gasteiger partial charge is 0.365 e. The minimum Gasteiger partial charge on any atom is -0.365 e. The average molecular weight is 243 g/mol. The molecule has 0 spiro atoms. The quantitative estimate of drug-likeness (QED) is 0.823. The van der Waals surface area contributed by atoms with Crippen LogP contribution in [0.1, 0.15) is 26.3 Å². The number of nitrogens with one attached hydrogen (secondary N) is 1. The van der Waals surface area contributed by atoms with E-state index in [0.717, 1.165) is 25.2 Å². The molecular weight excluding hydrogens is 222 g/mol. The molecule has 3 nitrogen and oxygen atoms in total. The monoisotopic (exact) mass is 243 g/mol. The second kappa shape index (κ2) is 4.99. The van der Waals surface area contributed by atoms with Gasteiger partial charge in [0.25, 0.3) is 0 Å². The van der Waals surface area contributed by atoms with Gasteiger partial charge in [-0.05, 0) is 50.6 Å². The van der Waals surface area contributed by atoms with Crippen molar-refractivity contribution in [1.82, 2.24) is 5.32 Å². The molecule has 1 aliphatic heterocycles. The Kier molecular flexibility index (Phi) is 3.58. The van der Waals surface area contributed by atoms with Crippen LogP contribution in [0.5, 0.6) is 0 Å². The Morgan fingerprint density at radius 1 is 1.33 bits per heavy atom. The minimum atomic E-state index is 0.0962. The van der Waals surface area contributed by atoms with Gasteiger partial charge in [-0.1, -0.05) is 6.92 Å². The van der Waals surface area contributed by atoms with Crippen molar-refractivity contribution in [2.24, 2.45) is 5.92 Å². The Morgan fingerprint density at radius 3 is 2.61 bits per heavy atom. The molecule has 0 saturated carbocycles. The number of nitriles is 1. The molecule has 0 aromatic heterocycles. The van der Waals surface area contributed by atoms with E-state index in [1.54, 1.807) is 0 Å². The molecule has 1 fully saturated rings. The third-order valence-corrected chi connectivity index (χ3v) is 3.58. The van der Waals surface area contributed by atoms with Crippen molar-refractivity contribution < 1.29 is 0 Å². The smallest absolute Gasteiger partial charge is 0.0991 e. The fraction of sp³-hybridized carbons (Fsp3) is 0.533. The lowest BCUT2D eigenvalue weighted by Gasteiger charge is -2.39. The van der Waals surface area contributed by atoms with Crippen LogP contribution in [0.2, 0.25) is 0 Å². The lowest BCUT2D eigenvalue weighted by Crippen LogP contribution is -2.49. The van der Waals surface area contributed by atoms with Gasteiger partial charge in [0.05, 0.1) is 11.6 Å². The van der Waals surface area contributed by atoms with Gasteiger partial charge in [0.1, 0.15) is 0 Å². The average Bonchev–Trinajstić information content (AvgIpc) is 2.48. The highest BCUT2D eigenvalue weighted by atomic mass is 15.2. The molecule has 0 radical (unpaired) electrons. The molecule has 0 bridgehead atoms. The van der Waals surface area contributed by atoms with Gasteiger partial charge in [0.15, 0.2) is 0 Å². The van der Waals surface area contributed by atoms with Gasteiger partial charge in [-0.15, -0.1) is 0 Å². The van der Waals surface area contributed by atoms with E-state index >= 15 is 0 Å². The number of hydrogen-bond acceptors (Lipinski definition) is 3. The van der Waals surface area contributed by atoms with E-state index in [1.807, 2.05) is 12.1 Å². The molecule has 0 aliphatic carbocycles. The Labute approximate surface area is 109 Å². The predicted octanol–water partition coefficient (Wildman–Crippen LogP) is 2.38. The summed E-state index contributed by atoms with van der Waals surface area (Å²) >= 11 is 0. The van der Waals surface area contributed by atoms with Gasteiger partial charge in [-0.2, -0.15) is 5.26 Å². The van der Waals surface area contributed by atoms with Crippen molar-refractivity contribution in [3.63, 3.8) is 0 Å². The molecule has 3 heteroatoms. The summed E-state index contributed by atoms with van der Waals surface area (Å²) in [6.07, 6.45) is 0. The highest BCUT2D eigenvalue weighted by Crippen LogP contribution is 2.26. The molecule has 1 saturated heterocycles. The number of benzene rings is 1. The molecule has 1 N–H and O–H groups in total. The van der Waals surface area contributed by atoms with E-state index in [0.29, 0.717) is 5.92 Å². The fourth-order valence-electron chi connectivity index (χ4n) is 2.51. The molecule has 1 aliphatic rings. The first-order valence-corrected chi connectivity index (χ1v) is 6.51. The number of nitrogens with zero attached hydrogens (tertiary/aromatic N) is 2. The molecule has 1 atom stereocenters. The molecule has 0 amide bonds. The first-order valence-electron chi connectivity index (χ1n) is 6.51. The van der Waals surface area contributed by atoms with Crippen molar-refractivity contribution in [1.29, 1.82) is 5.26 Å². The van der Waals surface area contributed by atoms with Gasteiger partial charge in [0, 0.05) is 24.3 Å². The van der Waals surface area contributed by atoms with Crippen molar-refractivity contribution in [2.75, 3.05) is 24.5 Å². The topological polar surface area (TPSA) is 39.1 Å². The van der Waals surface area contributed by atoms with Crippen LogP contribution in [0.3, 0.4) is 0 Å². The van der Waals surface area contributed by atoms with Crippen LogP contribution in [-0.4, -0.2) is 25.2 Å². The van der Waals surface area contributed by atoms with E-state index < -0.39 is 0 Å². The molecule has 18 heavy (non-hydrogen) atoms. The van der Waals surface area contributed by atoms with E-state index in [1.165, 1.54) is 5.69 Å². The van der Waals surface area contributed by atoms with Gasteiger partial charge in [0.2, 0.25) is 0 Å². The number of anilines is 1. The molecule has 1 aromatic carbocycles. The Balaban J connectivity index is 2.29. The van der Waals surface area contributed by atoms with Crippen LogP contribution in [0.25, 0.3) is 0 Å². The maximum Gasteiger partial charge on any atom is 0.0991 e. The Hall–Kier alpha value is -1.53. The summed E-state index contributed by atoms with van der Waals surface area (Å²) < 4.78 is 0. The summed E-state index contributed by atoms with van der Waals surface area (Å²) in [5.41, 5.74) is 2.02. The molecule has 1 heterocycles. The fourth-order valence-corrected chi connectivity index (χ4v) is 2.51. The van der Waals surface area contributed by atoms with Crippen molar-refractivity contribution in [3.8, 4) is 6.07 Å². The standard InChI is InChI=1S/C15H21N3/c1-12-9-17-11-15(2,3)18(10-12)14-6-4-13(8-16)5-7-14/h4-7,12,17H,9-11H2,1-3H3. The zero-order valence-corrected chi connectivity index (χ0v) is 11.4. The molecule has 2 rings (SSSR count). The Bertz CT molecular complexity index is 442. The normalized spacial score (nSPS) is 23.2. The highest BCUT2D eigenvalue weighted by Gasteiger charge is 2.30. The minimum absolute atomic E-state index is 0.0962. The van der Waals surface area contributed by atoms with Crippen LogP contribution >= 0.6 is 0 Å². The third kappa shape index (κ3) is 2.65. The second-order valence-corrected chi connectivity index (χ2v) is 5.82. The van der Waals surface area contributed by atoms with Crippen LogP contribution < -0.4 is 10.2 Å². The zero-order chi connectivity index (χ0) is 13.2. The van der Waals surface area contributed by atoms with E-state index in [2.05, 4.69) is 49.2 Å². The maximum atomic E-state index is 8.85. The van der Waals surface area contributed by atoms with E-state index in [4.69, 9.17) is 5.26 Å². The zero-order valence-electron chi connectivity index (χ0n) is 11.4. The lowest BCUT2D eigenvalue weighted by molar-refractivity contribution is 0.460. The Morgan fingerprint density at radius 2 is 2.00 bits per heavy atom. The van der Waals surface area contributed by atoms with E-state index in [9.17, 15) is 0 Å². The first kappa shape index (κ1) is 12.9.